The van der Waals surface area contributed by atoms with E-state index in [1.165, 1.54) is 6.08 Å². The Morgan fingerprint density at radius 2 is 1.87 bits per heavy atom. The summed E-state index contributed by atoms with van der Waals surface area (Å²) in [4.78, 5) is 37.9. The molecule has 0 spiro atoms. The van der Waals surface area contributed by atoms with Crippen LogP contribution >= 0.6 is 0 Å². The number of hydrogen-bond donors (Lipinski definition) is 2. The van der Waals surface area contributed by atoms with Gasteiger partial charge in [0.1, 0.15) is 23.8 Å². The van der Waals surface area contributed by atoms with Crippen LogP contribution in [0.3, 0.4) is 0 Å². The minimum absolute atomic E-state index is 0.0531. The molecule has 0 aliphatic carbocycles. The molecule has 3 aromatic rings. The smallest absolute Gasteiger partial charge is 0.329 e. The molecule has 4 rings (SSSR count). The van der Waals surface area contributed by atoms with E-state index in [2.05, 4.69) is 10.6 Å². The quantitative estimate of drug-likeness (QED) is 0.503. The van der Waals surface area contributed by atoms with E-state index in [-0.39, 0.29) is 12.2 Å². The zero-order chi connectivity index (χ0) is 21.1. The summed E-state index contributed by atoms with van der Waals surface area (Å²) < 4.78 is 5.74. The lowest BCUT2D eigenvalue weighted by molar-refractivity contribution is -0.127. The third-order valence-corrected chi connectivity index (χ3v) is 4.54. The standard InChI is InChI=1S/C23H19N3O4/c1-15-6-5-9-17(12-15)24-21(27)14-26-22(28)19(25-23(26)29)13-18-10-11-20(30-18)16-7-3-2-4-8-16/h2-13H,14H2,1H3,(H,24,27)(H,25,29)/b19-13+. The molecule has 2 aromatic carbocycles. The second kappa shape index (κ2) is 8.08. The molecule has 1 aliphatic heterocycles. The van der Waals surface area contributed by atoms with Gasteiger partial charge in [0.2, 0.25) is 5.91 Å². The molecule has 1 saturated heterocycles. The maximum atomic E-state index is 12.6. The second-order valence-electron chi connectivity index (χ2n) is 6.87. The van der Waals surface area contributed by atoms with Gasteiger partial charge in [-0.3, -0.25) is 9.59 Å². The number of benzene rings is 2. The number of carbonyl (C=O) groups excluding carboxylic acids is 3. The topological polar surface area (TPSA) is 91.7 Å². The van der Waals surface area contributed by atoms with Crippen molar-refractivity contribution in [3.05, 3.63) is 83.8 Å². The van der Waals surface area contributed by atoms with E-state index in [1.54, 1.807) is 24.3 Å². The normalized spacial score (nSPS) is 14.8. The van der Waals surface area contributed by atoms with Gasteiger partial charge in [0, 0.05) is 17.3 Å². The molecular formula is C23H19N3O4. The number of nitrogens with one attached hydrogen (secondary N) is 2. The van der Waals surface area contributed by atoms with Crippen molar-refractivity contribution in [2.75, 3.05) is 11.9 Å². The number of aryl methyl sites for hydroxylation is 1. The molecule has 30 heavy (non-hydrogen) atoms. The summed E-state index contributed by atoms with van der Waals surface area (Å²) in [5.41, 5.74) is 2.55. The predicted octanol–water partition coefficient (Wildman–Crippen LogP) is 3.79. The Balaban J connectivity index is 1.45. The van der Waals surface area contributed by atoms with Crippen LogP contribution in [0.5, 0.6) is 0 Å². The molecule has 0 unspecified atom stereocenters. The number of rotatable bonds is 5. The lowest BCUT2D eigenvalue weighted by Crippen LogP contribution is -2.38. The average molecular weight is 401 g/mol. The molecule has 0 bridgehead atoms. The lowest BCUT2D eigenvalue weighted by atomic mass is 10.2. The van der Waals surface area contributed by atoms with Gasteiger partial charge >= 0.3 is 6.03 Å². The summed E-state index contributed by atoms with van der Waals surface area (Å²) in [5, 5.41) is 5.17. The molecule has 7 heteroatoms. The van der Waals surface area contributed by atoms with E-state index in [0.717, 1.165) is 16.0 Å². The van der Waals surface area contributed by atoms with Crippen molar-refractivity contribution in [3.63, 3.8) is 0 Å². The Bertz CT molecular complexity index is 1150. The van der Waals surface area contributed by atoms with E-state index in [1.807, 2.05) is 49.4 Å². The maximum absolute atomic E-state index is 12.6. The maximum Gasteiger partial charge on any atom is 0.329 e. The van der Waals surface area contributed by atoms with Crippen LogP contribution < -0.4 is 10.6 Å². The van der Waals surface area contributed by atoms with Crippen LogP contribution in [0.2, 0.25) is 0 Å². The number of nitrogens with zero attached hydrogens (tertiary/aromatic N) is 1. The Hall–Kier alpha value is -4.13. The third kappa shape index (κ3) is 4.15. The molecule has 7 nitrogen and oxygen atoms in total. The number of hydrogen-bond acceptors (Lipinski definition) is 4. The third-order valence-electron chi connectivity index (χ3n) is 4.54. The number of carbonyl (C=O) groups is 3. The SMILES string of the molecule is Cc1cccc(NC(=O)CN2C(=O)N/C(=C/c3ccc(-c4ccccc4)o3)C2=O)c1. The van der Waals surface area contributed by atoms with Crippen molar-refractivity contribution >= 4 is 29.6 Å². The van der Waals surface area contributed by atoms with Gasteiger partial charge in [0.25, 0.3) is 5.91 Å². The van der Waals surface area contributed by atoms with Crippen molar-refractivity contribution in [2.24, 2.45) is 0 Å². The first kappa shape index (κ1) is 19.2. The highest BCUT2D eigenvalue weighted by molar-refractivity contribution is 6.15. The van der Waals surface area contributed by atoms with E-state index < -0.39 is 17.8 Å². The largest absolute Gasteiger partial charge is 0.457 e. The van der Waals surface area contributed by atoms with Crippen molar-refractivity contribution in [2.45, 2.75) is 6.92 Å². The van der Waals surface area contributed by atoms with Gasteiger partial charge < -0.3 is 15.1 Å². The zero-order valence-corrected chi connectivity index (χ0v) is 16.2. The number of imide groups is 1. The van der Waals surface area contributed by atoms with Crippen molar-refractivity contribution in [1.82, 2.24) is 10.2 Å². The molecule has 2 N–H and O–H groups in total. The molecule has 1 aromatic heterocycles. The van der Waals surface area contributed by atoms with E-state index in [9.17, 15) is 14.4 Å². The minimum atomic E-state index is -0.652. The monoisotopic (exact) mass is 401 g/mol. The summed E-state index contributed by atoms with van der Waals surface area (Å²) in [6.45, 7) is 1.52. The highest BCUT2D eigenvalue weighted by Crippen LogP contribution is 2.24. The van der Waals surface area contributed by atoms with Crippen molar-refractivity contribution in [1.29, 1.82) is 0 Å². The van der Waals surface area contributed by atoms with Crippen LogP contribution in [0.1, 0.15) is 11.3 Å². The van der Waals surface area contributed by atoms with E-state index in [4.69, 9.17) is 4.42 Å². The fourth-order valence-corrected chi connectivity index (χ4v) is 3.11. The van der Waals surface area contributed by atoms with Gasteiger partial charge in [-0.1, -0.05) is 42.5 Å². The van der Waals surface area contributed by atoms with Crippen LogP contribution in [0.15, 0.2) is 76.8 Å². The van der Waals surface area contributed by atoms with Gasteiger partial charge in [0.15, 0.2) is 0 Å². The van der Waals surface area contributed by atoms with Gasteiger partial charge in [-0.2, -0.15) is 0 Å². The summed E-state index contributed by atoms with van der Waals surface area (Å²) >= 11 is 0. The number of amides is 4. The number of anilines is 1. The fraction of sp³-hybridized carbons (Fsp3) is 0.0870. The highest BCUT2D eigenvalue weighted by Gasteiger charge is 2.35. The first-order chi connectivity index (χ1) is 14.5. The second-order valence-corrected chi connectivity index (χ2v) is 6.87. The summed E-state index contributed by atoms with van der Waals surface area (Å²) in [5.74, 6) is 0.0175. The average Bonchev–Trinajstić information content (AvgIpc) is 3.29. The van der Waals surface area contributed by atoms with Gasteiger partial charge in [-0.15, -0.1) is 0 Å². The van der Waals surface area contributed by atoms with Crippen LogP contribution in [0.25, 0.3) is 17.4 Å². The molecule has 0 atom stereocenters. The molecule has 2 heterocycles. The number of urea groups is 1. The van der Waals surface area contributed by atoms with Crippen molar-refractivity contribution < 1.29 is 18.8 Å². The van der Waals surface area contributed by atoms with E-state index in [0.29, 0.717) is 17.2 Å². The van der Waals surface area contributed by atoms with Crippen LogP contribution in [-0.2, 0) is 9.59 Å². The van der Waals surface area contributed by atoms with Gasteiger partial charge in [-0.25, -0.2) is 9.69 Å². The first-order valence-corrected chi connectivity index (χ1v) is 9.36. The Kier molecular flexibility index (Phi) is 5.17. The summed E-state index contributed by atoms with van der Waals surface area (Å²) in [6, 6.07) is 19.6. The Labute approximate surface area is 173 Å². The zero-order valence-electron chi connectivity index (χ0n) is 16.2. The first-order valence-electron chi connectivity index (χ1n) is 9.36. The fourth-order valence-electron chi connectivity index (χ4n) is 3.11. The molecule has 0 radical (unpaired) electrons. The van der Waals surface area contributed by atoms with Crippen LogP contribution in [0, 0.1) is 6.92 Å². The van der Waals surface area contributed by atoms with E-state index >= 15 is 0 Å². The molecule has 1 fully saturated rings. The van der Waals surface area contributed by atoms with Gasteiger partial charge in [-0.05, 0) is 36.8 Å². The van der Waals surface area contributed by atoms with Crippen LogP contribution in [-0.4, -0.2) is 29.3 Å². The number of furan rings is 1. The molecule has 150 valence electrons. The molecular weight excluding hydrogens is 382 g/mol. The Morgan fingerprint density at radius 1 is 1.07 bits per heavy atom. The minimum Gasteiger partial charge on any atom is -0.457 e. The Morgan fingerprint density at radius 3 is 2.63 bits per heavy atom. The lowest BCUT2D eigenvalue weighted by Gasteiger charge is -2.12. The summed E-state index contributed by atoms with van der Waals surface area (Å²) in [6.07, 6.45) is 1.45. The summed E-state index contributed by atoms with van der Waals surface area (Å²) in [7, 11) is 0. The highest BCUT2D eigenvalue weighted by atomic mass is 16.3. The predicted molar refractivity (Wildman–Crippen MR) is 112 cm³/mol. The molecule has 4 amide bonds. The van der Waals surface area contributed by atoms with Crippen LogP contribution in [0.4, 0.5) is 10.5 Å². The van der Waals surface area contributed by atoms with Crippen molar-refractivity contribution in [3.8, 4) is 11.3 Å². The molecule has 0 saturated carbocycles. The van der Waals surface area contributed by atoms with Gasteiger partial charge in [0.05, 0.1) is 0 Å². The molecule has 1 aliphatic rings.